The summed E-state index contributed by atoms with van der Waals surface area (Å²) in [4.78, 5) is 30.3. The van der Waals surface area contributed by atoms with Gasteiger partial charge in [-0.15, -0.1) is 0 Å². The number of carbonyl (C=O) groups excluding carboxylic acids is 1. The molecule has 150 valence electrons. The van der Waals surface area contributed by atoms with E-state index in [1.165, 1.54) is 6.07 Å². The van der Waals surface area contributed by atoms with E-state index in [-0.39, 0.29) is 22.7 Å². The molecule has 3 aromatic carbocycles. The van der Waals surface area contributed by atoms with Crippen LogP contribution >= 0.6 is 11.6 Å². The van der Waals surface area contributed by atoms with E-state index in [0.717, 1.165) is 5.56 Å². The summed E-state index contributed by atoms with van der Waals surface area (Å²) < 4.78 is 0. The fraction of sp³-hybridized carbons (Fsp3) is 0.130. The number of carbonyl (C=O) groups is 1. The molecule has 1 heterocycles. The number of aryl methyl sites for hydroxylation is 1. The number of oxime groups is 1. The van der Waals surface area contributed by atoms with Gasteiger partial charge in [0.1, 0.15) is 11.6 Å². The minimum atomic E-state index is -0.838. The lowest BCUT2D eigenvalue weighted by Gasteiger charge is -2.19. The lowest BCUT2D eigenvalue weighted by atomic mass is 9.82. The fourth-order valence-corrected chi connectivity index (χ4v) is 3.63. The first-order valence-corrected chi connectivity index (χ1v) is 9.67. The molecule has 30 heavy (non-hydrogen) atoms. The molecule has 0 radical (unpaired) electrons. The predicted octanol–water partition coefficient (Wildman–Crippen LogP) is 5.53. The Morgan fingerprint density at radius 2 is 1.70 bits per heavy atom. The first-order chi connectivity index (χ1) is 14.5. The van der Waals surface area contributed by atoms with Crippen molar-refractivity contribution in [3.8, 4) is 0 Å². The zero-order valence-corrected chi connectivity index (χ0v) is 16.7. The van der Waals surface area contributed by atoms with Gasteiger partial charge in [0.15, 0.2) is 11.9 Å². The van der Waals surface area contributed by atoms with Gasteiger partial charge >= 0.3 is 0 Å². The Balaban J connectivity index is 1.81. The summed E-state index contributed by atoms with van der Waals surface area (Å²) in [6, 6.07) is 20.3. The molecule has 3 aromatic rings. The van der Waals surface area contributed by atoms with Crippen LogP contribution in [0, 0.1) is 23.0 Å². The first kappa shape index (κ1) is 19.8. The third-order valence-electron chi connectivity index (χ3n) is 5.06. The average molecular weight is 421 g/mol. The molecule has 0 bridgehead atoms. The fourth-order valence-electron chi connectivity index (χ4n) is 3.51. The molecule has 0 unspecified atom stereocenters. The quantitative estimate of drug-likeness (QED) is 0.308. The number of hydrogen-bond donors (Lipinski definition) is 0. The first-order valence-electron chi connectivity index (χ1n) is 9.29. The molecular weight excluding hydrogens is 404 g/mol. The molecule has 0 N–H and O–H groups in total. The zero-order chi connectivity index (χ0) is 21.3. The van der Waals surface area contributed by atoms with Crippen LogP contribution in [0.3, 0.4) is 0 Å². The van der Waals surface area contributed by atoms with E-state index in [1.54, 1.807) is 54.6 Å². The van der Waals surface area contributed by atoms with Crippen molar-refractivity contribution in [2.75, 3.05) is 0 Å². The van der Waals surface area contributed by atoms with Gasteiger partial charge in [-0.1, -0.05) is 70.9 Å². The van der Waals surface area contributed by atoms with Crippen molar-refractivity contribution >= 4 is 28.8 Å². The van der Waals surface area contributed by atoms with Gasteiger partial charge < -0.3 is 4.84 Å². The smallest absolute Gasteiger partial charge is 0.278 e. The summed E-state index contributed by atoms with van der Waals surface area (Å²) in [5, 5.41) is 16.2. The van der Waals surface area contributed by atoms with Crippen LogP contribution in [0.15, 0.2) is 78.0 Å². The molecule has 0 aliphatic carbocycles. The van der Waals surface area contributed by atoms with Crippen molar-refractivity contribution in [1.82, 2.24) is 0 Å². The molecule has 0 amide bonds. The van der Waals surface area contributed by atoms with E-state index in [2.05, 4.69) is 5.16 Å². The highest BCUT2D eigenvalue weighted by Gasteiger charge is 2.43. The van der Waals surface area contributed by atoms with Crippen molar-refractivity contribution in [3.63, 3.8) is 0 Å². The molecule has 0 spiro atoms. The van der Waals surface area contributed by atoms with Crippen LogP contribution in [0.1, 0.15) is 33.2 Å². The molecule has 6 nitrogen and oxygen atoms in total. The molecule has 0 saturated heterocycles. The molecule has 1 aliphatic heterocycles. The Hall–Kier alpha value is -3.51. The maximum absolute atomic E-state index is 13.5. The van der Waals surface area contributed by atoms with Crippen molar-refractivity contribution < 1.29 is 14.6 Å². The minimum absolute atomic E-state index is 0.127. The molecule has 0 saturated carbocycles. The number of rotatable bonds is 5. The molecule has 2 atom stereocenters. The summed E-state index contributed by atoms with van der Waals surface area (Å²) in [5.41, 5.74) is 2.61. The van der Waals surface area contributed by atoms with Gasteiger partial charge in [0.2, 0.25) is 0 Å². The second kappa shape index (κ2) is 8.08. The van der Waals surface area contributed by atoms with Crippen molar-refractivity contribution in [1.29, 1.82) is 0 Å². The summed E-state index contributed by atoms with van der Waals surface area (Å²) in [5.74, 6) is -1.06. The van der Waals surface area contributed by atoms with E-state index in [9.17, 15) is 14.9 Å². The van der Waals surface area contributed by atoms with Gasteiger partial charge in [0, 0.05) is 16.7 Å². The van der Waals surface area contributed by atoms with Gasteiger partial charge in [-0.25, -0.2) is 0 Å². The van der Waals surface area contributed by atoms with E-state index >= 15 is 0 Å². The zero-order valence-electron chi connectivity index (χ0n) is 16.0. The predicted molar refractivity (Wildman–Crippen MR) is 114 cm³/mol. The van der Waals surface area contributed by atoms with Crippen LogP contribution < -0.4 is 0 Å². The van der Waals surface area contributed by atoms with Crippen molar-refractivity contribution in [2.24, 2.45) is 11.1 Å². The van der Waals surface area contributed by atoms with Gasteiger partial charge in [-0.3, -0.25) is 14.9 Å². The van der Waals surface area contributed by atoms with Crippen LogP contribution in [0.5, 0.6) is 0 Å². The number of hydrogen-bond acceptors (Lipinski definition) is 5. The van der Waals surface area contributed by atoms with Crippen molar-refractivity contribution in [3.05, 3.63) is 110 Å². The highest BCUT2D eigenvalue weighted by molar-refractivity contribution is 6.30. The van der Waals surface area contributed by atoms with Crippen LogP contribution in [-0.2, 0) is 4.84 Å². The SMILES string of the molecule is Cc1ccc(C(=O)[C@@H]2C(c3ccccc3[N+](=O)[O-])=NO[C@H]2c2ccc(Cl)cc2)cc1. The highest BCUT2D eigenvalue weighted by atomic mass is 35.5. The number of nitro benzene ring substituents is 1. The minimum Gasteiger partial charge on any atom is -0.386 e. The van der Waals surface area contributed by atoms with Gasteiger partial charge in [-0.2, -0.15) is 0 Å². The summed E-state index contributed by atoms with van der Waals surface area (Å²) in [6.07, 6.45) is -0.717. The topological polar surface area (TPSA) is 81.8 Å². The summed E-state index contributed by atoms with van der Waals surface area (Å²) in [7, 11) is 0. The number of Topliss-reactive ketones (excluding diaryl/α,β-unsaturated/α-hetero) is 1. The average Bonchev–Trinajstić information content (AvgIpc) is 3.19. The Morgan fingerprint density at radius 3 is 2.37 bits per heavy atom. The second-order valence-corrected chi connectivity index (χ2v) is 7.47. The Labute approximate surface area is 177 Å². The maximum atomic E-state index is 13.5. The van der Waals surface area contributed by atoms with E-state index in [4.69, 9.17) is 16.4 Å². The van der Waals surface area contributed by atoms with Gasteiger partial charge in [0.25, 0.3) is 5.69 Å². The van der Waals surface area contributed by atoms with Crippen LogP contribution in [0.4, 0.5) is 5.69 Å². The molecule has 0 fully saturated rings. The lowest BCUT2D eigenvalue weighted by Crippen LogP contribution is -2.28. The Bertz CT molecular complexity index is 1140. The maximum Gasteiger partial charge on any atom is 0.278 e. The third-order valence-corrected chi connectivity index (χ3v) is 5.31. The number of nitro groups is 1. The number of ketones is 1. The molecule has 7 heteroatoms. The molecule has 4 rings (SSSR count). The molecule has 0 aromatic heterocycles. The van der Waals surface area contributed by atoms with Crippen molar-refractivity contribution in [2.45, 2.75) is 13.0 Å². The van der Waals surface area contributed by atoms with E-state index in [0.29, 0.717) is 16.1 Å². The number of para-hydroxylation sites is 1. The Morgan fingerprint density at radius 1 is 1.03 bits per heavy atom. The molecule has 1 aliphatic rings. The highest BCUT2D eigenvalue weighted by Crippen LogP contribution is 2.39. The van der Waals surface area contributed by atoms with E-state index in [1.807, 2.05) is 19.1 Å². The van der Waals surface area contributed by atoms with Gasteiger partial charge in [-0.05, 0) is 30.7 Å². The lowest BCUT2D eigenvalue weighted by molar-refractivity contribution is -0.385. The third kappa shape index (κ3) is 3.69. The summed E-state index contributed by atoms with van der Waals surface area (Å²) >= 11 is 6.00. The number of benzene rings is 3. The second-order valence-electron chi connectivity index (χ2n) is 7.04. The largest absolute Gasteiger partial charge is 0.386 e. The standard InChI is InChI=1S/C23H17ClN2O4/c1-14-6-8-15(9-7-14)22(27)20-21(18-4-2-3-5-19(18)26(28)29)25-30-23(20)16-10-12-17(24)13-11-16/h2-13,20,23H,1H3/t20-,23-/m0/s1. The monoisotopic (exact) mass is 420 g/mol. The summed E-state index contributed by atoms with van der Waals surface area (Å²) in [6.45, 7) is 1.93. The Kier molecular flexibility index (Phi) is 5.33. The van der Waals surface area contributed by atoms with Crippen LogP contribution in [-0.4, -0.2) is 16.4 Å². The van der Waals surface area contributed by atoms with Crippen LogP contribution in [0.2, 0.25) is 5.02 Å². The van der Waals surface area contributed by atoms with Crippen LogP contribution in [0.25, 0.3) is 0 Å². The number of nitrogens with zero attached hydrogens (tertiary/aromatic N) is 2. The normalized spacial score (nSPS) is 17.9. The van der Waals surface area contributed by atoms with E-state index < -0.39 is 16.9 Å². The van der Waals surface area contributed by atoms with Gasteiger partial charge in [0.05, 0.1) is 10.5 Å². The molecular formula is C23H17ClN2O4. The number of halogens is 1.